The molecule has 1 atom stereocenters. The van der Waals surface area contributed by atoms with Crippen molar-refractivity contribution in [2.24, 2.45) is 0 Å². The second kappa shape index (κ2) is 9.95. The quantitative estimate of drug-likeness (QED) is 0.805. The number of ether oxygens (including phenoxy) is 3. The van der Waals surface area contributed by atoms with Crippen LogP contribution in [0.2, 0.25) is 0 Å². The molecule has 1 saturated heterocycles. The Morgan fingerprint density at radius 1 is 1.07 bits per heavy atom. The molecule has 1 aromatic carbocycles. The van der Waals surface area contributed by atoms with E-state index in [0.717, 1.165) is 23.5 Å². The number of benzene rings is 1. The van der Waals surface area contributed by atoms with Gasteiger partial charge in [-0.1, -0.05) is 33.3 Å². The number of fused-ring (bicyclic) bond motifs is 1. The lowest BCUT2D eigenvalue weighted by molar-refractivity contribution is 0.171. The number of carbonyl (C=O) groups is 1. The van der Waals surface area contributed by atoms with Crippen molar-refractivity contribution < 1.29 is 19.0 Å². The van der Waals surface area contributed by atoms with Gasteiger partial charge in [0.25, 0.3) is 0 Å². The summed E-state index contributed by atoms with van der Waals surface area (Å²) < 4.78 is 16.2. The van der Waals surface area contributed by atoms with Gasteiger partial charge in [-0.25, -0.2) is 9.78 Å². The summed E-state index contributed by atoms with van der Waals surface area (Å²) in [7, 11) is 0. The number of carbonyl (C=O) groups excluding carboxylic acids is 1. The maximum atomic E-state index is 11.7. The summed E-state index contributed by atoms with van der Waals surface area (Å²) in [6.07, 6.45) is 3.33. The van der Waals surface area contributed by atoms with Gasteiger partial charge in [-0.05, 0) is 30.2 Å². The van der Waals surface area contributed by atoms with Gasteiger partial charge in [-0.3, -0.25) is 4.90 Å². The Morgan fingerprint density at radius 2 is 1.83 bits per heavy atom. The maximum absolute atomic E-state index is 11.7. The van der Waals surface area contributed by atoms with E-state index in [1.165, 1.54) is 11.3 Å². The van der Waals surface area contributed by atoms with Gasteiger partial charge in [-0.15, -0.1) is 0 Å². The van der Waals surface area contributed by atoms with Gasteiger partial charge in [0, 0.05) is 6.20 Å². The lowest BCUT2D eigenvalue weighted by Crippen LogP contribution is -2.25. The van der Waals surface area contributed by atoms with Crippen molar-refractivity contribution in [1.29, 1.82) is 0 Å². The first-order chi connectivity index (χ1) is 14.2. The molecule has 1 aromatic heterocycles. The molecule has 0 saturated carbocycles. The smallest absolute Gasteiger partial charge is 0.415 e. The molecule has 156 valence electrons. The molecule has 0 bridgehead atoms. The molecule has 2 aromatic rings. The van der Waals surface area contributed by atoms with Crippen LogP contribution in [0.3, 0.4) is 0 Å². The van der Waals surface area contributed by atoms with Gasteiger partial charge in [0.05, 0.1) is 12.6 Å². The predicted molar refractivity (Wildman–Crippen MR) is 111 cm³/mol. The molecule has 0 aliphatic carbocycles. The summed E-state index contributed by atoms with van der Waals surface area (Å²) in [6.45, 7) is 8.32. The maximum Gasteiger partial charge on any atom is 0.415 e. The Bertz CT molecular complexity index is 830. The first-order valence-corrected chi connectivity index (χ1v) is 10.1. The number of cyclic esters (lactones) is 1. The number of hydrogen-bond acceptors (Lipinski definition) is 7. The monoisotopic (exact) mass is 400 g/mol. The molecule has 0 radical (unpaired) electrons. The van der Waals surface area contributed by atoms with E-state index in [0.29, 0.717) is 38.1 Å². The van der Waals surface area contributed by atoms with Crippen LogP contribution in [0.1, 0.15) is 45.2 Å². The summed E-state index contributed by atoms with van der Waals surface area (Å²) >= 11 is 0. The number of nitrogens with zero attached hydrogens (tertiary/aromatic N) is 3. The predicted octanol–water partition coefficient (Wildman–Crippen LogP) is 4.18. The van der Waals surface area contributed by atoms with E-state index in [4.69, 9.17) is 14.2 Å². The number of aromatic nitrogens is 2. The topological polar surface area (TPSA) is 85.8 Å². The van der Waals surface area contributed by atoms with Crippen molar-refractivity contribution in [3.05, 3.63) is 36.0 Å². The Balaban J connectivity index is 0.000000755. The molecule has 1 fully saturated rings. The standard InChI is InChI=1S/C18H20N4O4.C3H8/c1-2-13(12-3-4-14-15(11-12)25-10-9-24-14)20-17-19-6-5-16(21-17)22-7-8-26-18(22)23;1-3-2/h3-6,11,13H,2,7-10H2,1H3,(H,19,20,21);3H2,1-2H3. The summed E-state index contributed by atoms with van der Waals surface area (Å²) in [5.74, 6) is 2.51. The molecule has 4 rings (SSSR count). The van der Waals surface area contributed by atoms with Crippen LogP contribution < -0.4 is 19.7 Å². The van der Waals surface area contributed by atoms with Crippen LogP contribution in [0, 0.1) is 0 Å². The average Bonchev–Trinajstić information content (AvgIpc) is 3.18. The van der Waals surface area contributed by atoms with Gasteiger partial charge in [0.15, 0.2) is 11.5 Å². The third-order valence-electron chi connectivity index (χ3n) is 4.36. The minimum atomic E-state index is -0.381. The minimum Gasteiger partial charge on any atom is -0.486 e. The van der Waals surface area contributed by atoms with Crippen molar-refractivity contribution >= 4 is 17.9 Å². The highest BCUT2D eigenvalue weighted by Gasteiger charge is 2.25. The number of hydrogen-bond donors (Lipinski definition) is 1. The van der Waals surface area contributed by atoms with Gasteiger partial charge in [-0.2, -0.15) is 4.98 Å². The van der Waals surface area contributed by atoms with Crippen LogP contribution in [0.25, 0.3) is 0 Å². The zero-order valence-corrected chi connectivity index (χ0v) is 17.2. The molecule has 29 heavy (non-hydrogen) atoms. The van der Waals surface area contributed by atoms with E-state index in [-0.39, 0.29) is 12.1 Å². The van der Waals surface area contributed by atoms with E-state index < -0.39 is 0 Å². The number of rotatable bonds is 5. The van der Waals surface area contributed by atoms with E-state index in [9.17, 15) is 4.79 Å². The van der Waals surface area contributed by atoms with E-state index in [1.54, 1.807) is 12.3 Å². The van der Waals surface area contributed by atoms with E-state index in [1.807, 2.05) is 18.2 Å². The third kappa shape index (κ3) is 5.07. The fourth-order valence-corrected chi connectivity index (χ4v) is 3.02. The Labute approximate surface area is 171 Å². The molecular formula is C21H28N4O4. The van der Waals surface area contributed by atoms with Gasteiger partial charge in [0.1, 0.15) is 25.6 Å². The molecule has 8 heteroatoms. The zero-order valence-electron chi connectivity index (χ0n) is 17.2. The van der Waals surface area contributed by atoms with Crippen molar-refractivity contribution in [3.63, 3.8) is 0 Å². The van der Waals surface area contributed by atoms with Crippen LogP contribution in [-0.4, -0.2) is 42.4 Å². The first kappa shape index (κ1) is 20.7. The molecule has 1 N–H and O–H groups in total. The normalized spacial score (nSPS) is 15.8. The lowest BCUT2D eigenvalue weighted by Gasteiger charge is -2.22. The zero-order chi connectivity index (χ0) is 20.6. The Morgan fingerprint density at radius 3 is 2.52 bits per heavy atom. The molecule has 1 amide bonds. The van der Waals surface area contributed by atoms with Gasteiger partial charge < -0.3 is 19.5 Å². The highest BCUT2D eigenvalue weighted by molar-refractivity contribution is 5.88. The second-order valence-electron chi connectivity index (χ2n) is 6.72. The highest BCUT2D eigenvalue weighted by Crippen LogP contribution is 2.34. The molecular weight excluding hydrogens is 372 g/mol. The lowest BCUT2D eigenvalue weighted by atomic mass is 10.0. The Kier molecular flexibility index (Phi) is 7.10. The van der Waals surface area contributed by atoms with Gasteiger partial charge >= 0.3 is 6.09 Å². The molecule has 2 aliphatic rings. The Hall–Kier alpha value is -3.03. The minimum absolute atomic E-state index is 0.00612. The average molecular weight is 400 g/mol. The number of amides is 1. The van der Waals surface area contributed by atoms with Crippen LogP contribution in [0.15, 0.2) is 30.5 Å². The van der Waals surface area contributed by atoms with Crippen LogP contribution in [-0.2, 0) is 4.74 Å². The van der Waals surface area contributed by atoms with Gasteiger partial charge in [0.2, 0.25) is 5.95 Å². The second-order valence-corrected chi connectivity index (χ2v) is 6.72. The van der Waals surface area contributed by atoms with Crippen molar-refractivity contribution in [1.82, 2.24) is 9.97 Å². The van der Waals surface area contributed by atoms with E-state index in [2.05, 4.69) is 36.1 Å². The summed E-state index contributed by atoms with van der Waals surface area (Å²) in [5, 5.41) is 3.33. The van der Waals surface area contributed by atoms with Crippen LogP contribution in [0.5, 0.6) is 11.5 Å². The fraction of sp³-hybridized carbons (Fsp3) is 0.476. The van der Waals surface area contributed by atoms with Crippen molar-refractivity contribution in [3.8, 4) is 11.5 Å². The molecule has 1 unspecified atom stereocenters. The van der Waals surface area contributed by atoms with E-state index >= 15 is 0 Å². The molecule has 2 aliphatic heterocycles. The molecule has 3 heterocycles. The van der Waals surface area contributed by atoms with Crippen LogP contribution in [0.4, 0.5) is 16.6 Å². The molecule has 8 nitrogen and oxygen atoms in total. The molecule has 0 spiro atoms. The fourth-order valence-electron chi connectivity index (χ4n) is 3.02. The third-order valence-corrected chi connectivity index (χ3v) is 4.36. The number of nitrogens with one attached hydrogen (secondary N) is 1. The SMILES string of the molecule is CCC.CCC(Nc1nccc(N2CCOC2=O)n1)c1ccc2c(c1)OCCO2. The summed E-state index contributed by atoms with van der Waals surface area (Å²) in [6, 6.07) is 7.62. The van der Waals surface area contributed by atoms with Crippen molar-refractivity contribution in [2.75, 3.05) is 36.6 Å². The highest BCUT2D eigenvalue weighted by atomic mass is 16.6. The largest absolute Gasteiger partial charge is 0.486 e. The first-order valence-electron chi connectivity index (χ1n) is 10.1. The van der Waals surface area contributed by atoms with Crippen molar-refractivity contribution in [2.45, 2.75) is 39.7 Å². The summed E-state index contributed by atoms with van der Waals surface area (Å²) in [4.78, 5) is 21.9. The number of anilines is 2. The van der Waals surface area contributed by atoms with Crippen LogP contribution >= 0.6 is 0 Å². The summed E-state index contributed by atoms with van der Waals surface area (Å²) in [5.41, 5.74) is 1.06.